The molecule has 0 radical (unpaired) electrons. The summed E-state index contributed by atoms with van der Waals surface area (Å²) in [6.07, 6.45) is 0. The van der Waals surface area contributed by atoms with Gasteiger partial charge < -0.3 is 9.64 Å². The molecule has 1 aliphatic rings. The van der Waals surface area contributed by atoms with Crippen LogP contribution >= 0.6 is 0 Å². The fourth-order valence-corrected chi connectivity index (χ4v) is 9.55. The highest BCUT2D eigenvalue weighted by Gasteiger charge is 2.23. The lowest BCUT2D eigenvalue weighted by atomic mass is 9.90. The van der Waals surface area contributed by atoms with Crippen LogP contribution in [0.3, 0.4) is 0 Å². The van der Waals surface area contributed by atoms with Gasteiger partial charge in [-0.3, -0.25) is 0 Å². The Hall–Kier alpha value is -8.20. The molecular formula is C60H39NO. The highest BCUT2D eigenvalue weighted by molar-refractivity contribution is 6.10. The molecule has 2 nitrogen and oxygen atoms in total. The minimum absolute atomic E-state index is 0.892. The molecule has 0 fully saturated rings. The Labute approximate surface area is 361 Å². The van der Waals surface area contributed by atoms with Crippen molar-refractivity contribution in [2.45, 2.75) is 0 Å². The van der Waals surface area contributed by atoms with E-state index in [9.17, 15) is 0 Å². The van der Waals surface area contributed by atoms with Crippen molar-refractivity contribution in [3.05, 3.63) is 237 Å². The molecule has 0 aromatic heterocycles. The number of hydrogen-bond acceptors (Lipinski definition) is 2. The Morgan fingerprint density at radius 2 is 0.806 bits per heavy atom. The molecule has 0 spiro atoms. The van der Waals surface area contributed by atoms with Gasteiger partial charge in [-0.15, -0.1) is 0 Å². The smallest absolute Gasteiger partial charge is 0.135 e. The summed E-state index contributed by atoms with van der Waals surface area (Å²) in [5.41, 5.74) is 15.1. The van der Waals surface area contributed by atoms with Gasteiger partial charge in [0, 0.05) is 27.9 Å². The van der Waals surface area contributed by atoms with E-state index in [4.69, 9.17) is 4.74 Å². The molecule has 0 unspecified atom stereocenters. The van der Waals surface area contributed by atoms with Crippen LogP contribution in [-0.4, -0.2) is 0 Å². The van der Waals surface area contributed by atoms with Gasteiger partial charge in [0.2, 0.25) is 0 Å². The van der Waals surface area contributed by atoms with Gasteiger partial charge in [-0.2, -0.15) is 0 Å². The Balaban J connectivity index is 0.982. The summed E-state index contributed by atoms with van der Waals surface area (Å²) in [4.78, 5) is 2.42. The molecule has 290 valence electrons. The first kappa shape index (κ1) is 35.7. The molecule has 12 rings (SSSR count). The second-order valence-electron chi connectivity index (χ2n) is 16.0. The van der Waals surface area contributed by atoms with E-state index in [0.29, 0.717) is 0 Å². The van der Waals surface area contributed by atoms with Crippen molar-refractivity contribution in [2.75, 3.05) is 4.90 Å². The van der Waals surface area contributed by atoms with Crippen molar-refractivity contribution >= 4 is 49.4 Å². The molecule has 0 atom stereocenters. The Morgan fingerprint density at radius 1 is 0.274 bits per heavy atom. The summed E-state index contributed by atoms with van der Waals surface area (Å²) in [6, 6.07) is 85.5. The highest BCUT2D eigenvalue weighted by atomic mass is 16.5. The molecule has 0 amide bonds. The minimum Gasteiger partial charge on any atom is -0.456 e. The molecule has 0 N–H and O–H groups in total. The van der Waals surface area contributed by atoms with E-state index in [1.165, 1.54) is 71.4 Å². The average molecular weight is 790 g/mol. The number of fused-ring (bicyclic) bond motifs is 4. The molecule has 1 aliphatic heterocycles. The maximum Gasteiger partial charge on any atom is 0.135 e. The number of nitrogens with zero attached hydrogens (tertiary/aromatic N) is 1. The maximum atomic E-state index is 6.48. The molecule has 1 heterocycles. The minimum atomic E-state index is 0.892. The Morgan fingerprint density at radius 3 is 1.60 bits per heavy atom. The Kier molecular flexibility index (Phi) is 8.53. The number of hydrogen-bond donors (Lipinski definition) is 0. The maximum absolute atomic E-state index is 6.48. The molecule has 0 bridgehead atoms. The third-order valence-electron chi connectivity index (χ3n) is 12.5. The molecule has 11 aromatic carbocycles. The van der Waals surface area contributed by atoms with E-state index < -0.39 is 0 Å². The molecule has 11 aromatic rings. The van der Waals surface area contributed by atoms with Crippen molar-refractivity contribution < 1.29 is 4.74 Å². The second-order valence-corrected chi connectivity index (χ2v) is 16.0. The summed E-state index contributed by atoms with van der Waals surface area (Å²) in [7, 11) is 0. The molecular weight excluding hydrogens is 751 g/mol. The molecule has 0 aliphatic carbocycles. The van der Waals surface area contributed by atoms with E-state index >= 15 is 0 Å². The second kappa shape index (κ2) is 14.8. The van der Waals surface area contributed by atoms with Crippen molar-refractivity contribution in [2.24, 2.45) is 0 Å². The van der Waals surface area contributed by atoms with Crippen molar-refractivity contribution in [3.8, 4) is 67.1 Å². The lowest BCUT2D eigenvalue weighted by molar-refractivity contribution is 0.487. The Bertz CT molecular complexity index is 3480. The van der Waals surface area contributed by atoms with Crippen LogP contribution in [0, 0.1) is 0 Å². The third-order valence-corrected chi connectivity index (χ3v) is 12.5. The summed E-state index contributed by atoms with van der Waals surface area (Å²) in [5, 5.41) is 7.29. The summed E-state index contributed by atoms with van der Waals surface area (Å²) in [5.74, 6) is 1.79. The van der Waals surface area contributed by atoms with Crippen molar-refractivity contribution in [1.29, 1.82) is 0 Å². The zero-order valence-electron chi connectivity index (χ0n) is 33.9. The van der Waals surface area contributed by atoms with Gasteiger partial charge in [0.1, 0.15) is 11.5 Å². The number of ether oxygens (including phenoxy) is 1. The number of rotatable bonds is 7. The fraction of sp³-hybridized carbons (Fsp3) is 0. The lowest BCUT2D eigenvalue weighted by Crippen LogP contribution is -2.11. The normalized spacial score (nSPS) is 11.7. The summed E-state index contributed by atoms with van der Waals surface area (Å²) in [6.45, 7) is 0. The van der Waals surface area contributed by atoms with Gasteiger partial charge in [-0.25, -0.2) is 0 Å². The monoisotopic (exact) mass is 789 g/mol. The number of benzene rings is 11. The first-order valence-corrected chi connectivity index (χ1v) is 21.2. The van der Waals surface area contributed by atoms with Crippen LogP contribution in [0.5, 0.6) is 11.5 Å². The zero-order chi connectivity index (χ0) is 41.0. The summed E-state index contributed by atoms with van der Waals surface area (Å²) >= 11 is 0. The predicted octanol–water partition coefficient (Wildman–Crippen LogP) is 17.1. The van der Waals surface area contributed by atoms with Gasteiger partial charge in [0.25, 0.3) is 0 Å². The van der Waals surface area contributed by atoms with Crippen molar-refractivity contribution in [3.63, 3.8) is 0 Å². The molecule has 62 heavy (non-hydrogen) atoms. The number of para-hydroxylation sites is 2. The van der Waals surface area contributed by atoms with E-state index in [-0.39, 0.29) is 0 Å². The van der Waals surface area contributed by atoms with Gasteiger partial charge >= 0.3 is 0 Å². The molecule has 2 heteroatoms. The van der Waals surface area contributed by atoms with Crippen LogP contribution < -0.4 is 9.64 Å². The van der Waals surface area contributed by atoms with Crippen LogP contribution in [0.2, 0.25) is 0 Å². The highest BCUT2D eigenvalue weighted by Crippen LogP contribution is 2.49. The van der Waals surface area contributed by atoms with Gasteiger partial charge in [0.05, 0.1) is 5.69 Å². The predicted molar refractivity (Wildman–Crippen MR) is 261 cm³/mol. The zero-order valence-corrected chi connectivity index (χ0v) is 33.9. The van der Waals surface area contributed by atoms with Crippen molar-refractivity contribution in [1.82, 2.24) is 0 Å². The number of anilines is 3. The van der Waals surface area contributed by atoms with Crippen LogP contribution in [0.15, 0.2) is 237 Å². The van der Waals surface area contributed by atoms with E-state index in [2.05, 4.69) is 235 Å². The third kappa shape index (κ3) is 6.04. The van der Waals surface area contributed by atoms with Crippen LogP contribution in [-0.2, 0) is 0 Å². The topological polar surface area (TPSA) is 12.5 Å². The largest absolute Gasteiger partial charge is 0.456 e. The van der Waals surface area contributed by atoms with E-state index in [1.54, 1.807) is 0 Å². The van der Waals surface area contributed by atoms with Gasteiger partial charge in [-0.1, -0.05) is 194 Å². The molecule has 0 saturated heterocycles. The van der Waals surface area contributed by atoms with E-state index in [0.717, 1.165) is 45.1 Å². The van der Waals surface area contributed by atoms with Crippen LogP contribution in [0.4, 0.5) is 17.1 Å². The lowest BCUT2D eigenvalue weighted by Gasteiger charge is -2.29. The van der Waals surface area contributed by atoms with E-state index in [1.807, 2.05) is 6.07 Å². The molecule has 0 saturated carbocycles. The quantitative estimate of drug-likeness (QED) is 0.159. The summed E-state index contributed by atoms with van der Waals surface area (Å²) < 4.78 is 6.48. The van der Waals surface area contributed by atoms with Gasteiger partial charge in [0.15, 0.2) is 0 Å². The first-order chi connectivity index (χ1) is 30.7. The first-order valence-electron chi connectivity index (χ1n) is 21.2. The average Bonchev–Trinajstić information content (AvgIpc) is 3.34. The SMILES string of the molecule is c1cc(-c2ccc3c4c(cccc24)-c2ccccc2O3)cc(N(c2ccc(-c3ccc(-c4cccc5ccccc45)cc3)cc2)c2ccccc2-c2cccc3ccccc23)c1. The standard InChI is InChI=1S/C60H39NO/c1-3-19-48-42(13-1)15-10-23-49(48)44-31-29-40(30-32-44)41-33-35-46(36-34-41)61(57-27-7-5-21-53(57)52-24-11-16-43-14-2-4-20-50(43)52)47-18-9-17-45(39-47)51-37-38-59-60-55(51)25-12-26-56(60)54-22-6-8-28-58(54)62-59/h1-39H. The van der Waals surface area contributed by atoms with Gasteiger partial charge in [-0.05, 0) is 114 Å². The van der Waals surface area contributed by atoms with Crippen LogP contribution in [0.25, 0.3) is 88.0 Å². The van der Waals surface area contributed by atoms with Crippen LogP contribution in [0.1, 0.15) is 0 Å². The fourth-order valence-electron chi connectivity index (χ4n) is 9.55.